The van der Waals surface area contributed by atoms with Crippen molar-refractivity contribution in [3.05, 3.63) is 54.3 Å². The molecule has 2 aromatic heterocycles. The van der Waals surface area contributed by atoms with E-state index < -0.39 is 5.92 Å². The van der Waals surface area contributed by atoms with Gasteiger partial charge in [0.1, 0.15) is 23.1 Å². The summed E-state index contributed by atoms with van der Waals surface area (Å²) in [5.41, 5.74) is 1.90. The number of aryl methyl sites for hydroxylation is 2. The predicted octanol–water partition coefficient (Wildman–Crippen LogP) is 4.67. The third kappa shape index (κ3) is 6.09. The lowest BCUT2D eigenvalue weighted by Crippen LogP contribution is -2.44. The summed E-state index contributed by atoms with van der Waals surface area (Å²) in [6, 6.07) is 7.88. The zero-order valence-electron chi connectivity index (χ0n) is 19.9. The average Bonchev–Trinajstić information content (AvgIpc) is 3.36. The minimum absolute atomic E-state index is 0.0252. The van der Waals surface area contributed by atoms with Crippen LogP contribution < -0.4 is 0 Å². The first-order valence-electron chi connectivity index (χ1n) is 11.5. The molecule has 1 amide bonds. The Bertz CT molecular complexity index is 1040. The molecule has 32 heavy (non-hydrogen) atoms. The Kier molecular flexibility index (Phi) is 7.89. The Hall–Kier alpha value is -2.89. The second-order valence-corrected chi connectivity index (χ2v) is 9.50. The van der Waals surface area contributed by atoms with Crippen LogP contribution in [0.1, 0.15) is 45.5 Å². The highest BCUT2D eigenvalue weighted by Crippen LogP contribution is 2.20. The fourth-order valence-corrected chi connectivity index (χ4v) is 4.08. The van der Waals surface area contributed by atoms with E-state index in [1.54, 1.807) is 12.5 Å². The van der Waals surface area contributed by atoms with Gasteiger partial charge in [-0.25, -0.2) is 4.98 Å². The van der Waals surface area contributed by atoms with Crippen molar-refractivity contribution in [2.45, 2.75) is 47.0 Å². The van der Waals surface area contributed by atoms with Crippen LogP contribution in [0.15, 0.2) is 47.3 Å². The van der Waals surface area contributed by atoms with Gasteiger partial charge in [-0.1, -0.05) is 33.8 Å². The third-order valence-electron chi connectivity index (χ3n) is 5.65. The molecular formula is C26H35N3O3. The summed E-state index contributed by atoms with van der Waals surface area (Å²) in [5.74, 6) is 0.608. The SMILES string of the molecule is CC(C)CN(CC(C)C)C(=O)C(Cc1nccn1C)C(=O)CCc1ccc2occc2c1. The van der Waals surface area contributed by atoms with Crippen molar-refractivity contribution in [1.82, 2.24) is 14.5 Å². The summed E-state index contributed by atoms with van der Waals surface area (Å²) < 4.78 is 7.29. The van der Waals surface area contributed by atoms with Crippen LogP contribution in [0, 0.1) is 17.8 Å². The van der Waals surface area contributed by atoms with E-state index in [0.29, 0.717) is 44.2 Å². The molecule has 0 aliphatic carbocycles. The van der Waals surface area contributed by atoms with E-state index in [4.69, 9.17) is 4.42 Å². The molecule has 0 fully saturated rings. The number of hydrogen-bond donors (Lipinski definition) is 0. The van der Waals surface area contributed by atoms with Crippen molar-refractivity contribution < 1.29 is 14.0 Å². The molecule has 0 bridgehead atoms. The number of aromatic nitrogens is 2. The van der Waals surface area contributed by atoms with Crippen molar-refractivity contribution in [3.63, 3.8) is 0 Å². The van der Waals surface area contributed by atoms with E-state index in [1.807, 2.05) is 47.0 Å². The molecule has 0 radical (unpaired) electrons. The van der Waals surface area contributed by atoms with E-state index in [1.165, 1.54) is 0 Å². The number of nitrogens with zero attached hydrogens (tertiary/aromatic N) is 3. The van der Waals surface area contributed by atoms with Gasteiger partial charge in [0, 0.05) is 50.8 Å². The molecule has 0 saturated heterocycles. The van der Waals surface area contributed by atoms with E-state index in [0.717, 1.165) is 22.4 Å². The molecule has 1 unspecified atom stereocenters. The summed E-state index contributed by atoms with van der Waals surface area (Å²) in [6.45, 7) is 9.70. The zero-order valence-corrected chi connectivity index (χ0v) is 19.9. The number of ketones is 1. The second kappa shape index (κ2) is 10.6. The van der Waals surface area contributed by atoms with Crippen LogP contribution in [0.3, 0.4) is 0 Å². The predicted molar refractivity (Wildman–Crippen MR) is 126 cm³/mol. The smallest absolute Gasteiger partial charge is 0.233 e. The normalized spacial score (nSPS) is 12.6. The fourth-order valence-electron chi connectivity index (χ4n) is 4.08. The molecule has 6 nitrogen and oxygen atoms in total. The first kappa shape index (κ1) is 23.8. The number of fused-ring (bicyclic) bond motifs is 1. The van der Waals surface area contributed by atoms with E-state index in [2.05, 4.69) is 32.7 Å². The van der Waals surface area contributed by atoms with E-state index in [9.17, 15) is 9.59 Å². The van der Waals surface area contributed by atoms with Crippen LogP contribution in [-0.2, 0) is 29.5 Å². The van der Waals surface area contributed by atoms with Crippen molar-refractivity contribution in [2.24, 2.45) is 24.8 Å². The molecule has 0 aliphatic heterocycles. The molecule has 3 aromatic rings. The van der Waals surface area contributed by atoms with Gasteiger partial charge >= 0.3 is 0 Å². The van der Waals surface area contributed by atoms with Crippen LogP contribution in [0.4, 0.5) is 0 Å². The summed E-state index contributed by atoms with van der Waals surface area (Å²) in [7, 11) is 1.90. The van der Waals surface area contributed by atoms with Gasteiger partial charge in [-0.2, -0.15) is 0 Å². The number of carbonyl (C=O) groups is 2. The molecule has 0 spiro atoms. The van der Waals surface area contributed by atoms with Crippen LogP contribution in [-0.4, -0.2) is 39.2 Å². The fraction of sp³-hybridized carbons (Fsp3) is 0.500. The topological polar surface area (TPSA) is 68.3 Å². The van der Waals surface area contributed by atoms with Gasteiger partial charge in [-0.15, -0.1) is 0 Å². The number of benzene rings is 1. The number of imidazole rings is 1. The number of carbonyl (C=O) groups excluding carboxylic acids is 2. The molecule has 1 aromatic carbocycles. The van der Waals surface area contributed by atoms with Crippen LogP contribution in [0.25, 0.3) is 11.0 Å². The molecule has 172 valence electrons. The Morgan fingerprint density at radius 2 is 1.81 bits per heavy atom. The maximum Gasteiger partial charge on any atom is 0.233 e. The lowest BCUT2D eigenvalue weighted by molar-refractivity contribution is -0.142. The number of amides is 1. The van der Waals surface area contributed by atoms with Gasteiger partial charge in [-0.3, -0.25) is 9.59 Å². The van der Waals surface area contributed by atoms with Gasteiger partial charge < -0.3 is 13.9 Å². The number of Topliss-reactive ketones (excluding diaryl/α,β-unsaturated/α-hetero) is 1. The molecule has 0 N–H and O–H groups in total. The Morgan fingerprint density at radius 3 is 2.44 bits per heavy atom. The zero-order chi connectivity index (χ0) is 23.3. The van der Waals surface area contributed by atoms with E-state index >= 15 is 0 Å². The molecule has 0 saturated carbocycles. The van der Waals surface area contributed by atoms with Crippen molar-refractivity contribution in [2.75, 3.05) is 13.1 Å². The monoisotopic (exact) mass is 437 g/mol. The summed E-state index contributed by atoms with van der Waals surface area (Å²) in [4.78, 5) is 33.2. The summed E-state index contributed by atoms with van der Waals surface area (Å²) >= 11 is 0. The minimum atomic E-state index is -0.716. The molecule has 0 aliphatic rings. The van der Waals surface area contributed by atoms with Crippen LogP contribution in [0.2, 0.25) is 0 Å². The van der Waals surface area contributed by atoms with Gasteiger partial charge in [-0.05, 0) is 42.0 Å². The van der Waals surface area contributed by atoms with Crippen molar-refractivity contribution in [3.8, 4) is 0 Å². The lowest BCUT2D eigenvalue weighted by Gasteiger charge is -2.30. The summed E-state index contributed by atoms with van der Waals surface area (Å²) in [5, 5.41) is 1.02. The van der Waals surface area contributed by atoms with Gasteiger partial charge in [0.05, 0.1) is 6.26 Å². The van der Waals surface area contributed by atoms with Gasteiger partial charge in [0.25, 0.3) is 0 Å². The highest BCUT2D eigenvalue weighted by molar-refractivity contribution is 6.01. The van der Waals surface area contributed by atoms with E-state index in [-0.39, 0.29) is 11.7 Å². The molecule has 1 atom stereocenters. The first-order chi connectivity index (χ1) is 15.2. The first-order valence-corrected chi connectivity index (χ1v) is 11.5. The third-order valence-corrected chi connectivity index (χ3v) is 5.65. The maximum absolute atomic E-state index is 13.6. The largest absolute Gasteiger partial charge is 0.464 e. The number of furan rings is 1. The van der Waals surface area contributed by atoms with Crippen LogP contribution >= 0.6 is 0 Å². The van der Waals surface area contributed by atoms with Crippen LogP contribution in [0.5, 0.6) is 0 Å². The summed E-state index contributed by atoms with van der Waals surface area (Å²) in [6.07, 6.45) is 6.47. The lowest BCUT2D eigenvalue weighted by atomic mass is 9.92. The Labute approximate surface area is 190 Å². The minimum Gasteiger partial charge on any atom is -0.464 e. The highest BCUT2D eigenvalue weighted by atomic mass is 16.3. The van der Waals surface area contributed by atoms with Gasteiger partial charge in [0.2, 0.25) is 5.91 Å². The number of hydrogen-bond acceptors (Lipinski definition) is 4. The quantitative estimate of drug-likeness (QED) is 0.409. The molecule has 2 heterocycles. The number of rotatable bonds is 11. The Balaban J connectivity index is 1.79. The maximum atomic E-state index is 13.6. The molecule has 3 rings (SSSR count). The Morgan fingerprint density at radius 1 is 1.09 bits per heavy atom. The highest BCUT2D eigenvalue weighted by Gasteiger charge is 2.32. The molecule has 6 heteroatoms. The van der Waals surface area contributed by atoms with Crippen molar-refractivity contribution in [1.29, 1.82) is 0 Å². The average molecular weight is 438 g/mol. The second-order valence-electron chi connectivity index (χ2n) is 9.50. The van der Waals surface area contributed by atoms with Gasteiger partial charge in [0.15, 0.2) is 0 Å². The molecular weight excluding hydrogens is 402 g/mol. The van der Waals surface area contributed by atoms with Crippen molar-refractivity contribution >= 4 is 22.7 Å². The standard InChI is InChI=1S/C26H35N3O3/c1-18(2)16-29(17-19(3)4)26(31)22(15-25-27-11-12-28(25)5)23(30)8-6-20-7-9-24-21(14-20)10-13-32-24/h7,9-14,18-19,22H,6,8,15-17H2,1-5H3.